The van der Waals surface area contributed by atoms with Crippen LogP contribution in [-0.2, 0) is 5.88 Å². The minimum absolute atomic E-state index is 0.179. The molecule has 0 spiro atoms. The molecule has 0 amide bonds. The molecular formula is C13H19ClFN3. The van der Waals surface area contributed by atoms with E-state index in [-0.39, 0.29) is 11.7 Å². The van der Waals surface area contributed by atoms with E-state index < -0.39 is 0 Å². The summed E-state index contributed by atoms with van der Waals surface area (Å²) in [5, 5.41) is 0. The Morgan fingerprint density at radius 1 is 1.61 bits per heavy atom. The third kappa shape index (κ3) is 2.75. The Hall–Kier alpha value is -0.870. The highest BCUT2D eigenvalue weighted by molar-refractivity contribution is 6.17. The maximum atomic E-state index is 14.1. The van der Waals surface area contributed by atoms with Gasteiger partial charge in [0.2, 0.25) is 0 Å². The summed E-state index contributed by atoms with van der Waals surface area (Å²) in [5.74, 6) is 0.280. The van der Waals surface area contributed by atoms with E-state index in [4.69, 9.17) is 11.6 Å². The zero-order valence-electron chi connectivity index (χ0n) is 10.9. The van der Waals surface area contributed by atoms with Gasteiger partial charge in [-0.15, -0.1) is 11.6 Å². The fourth-order valence-corrected chi connectivity index (χ4v) is 2.66. The zero-order chi connectivity index (χ0) is 13.1. The van der Waals surface area contributed by atoms with Crippen LogP contribution in [0.25, 0.3) is 0 Å². The molecule has 1 saturated heterocycles. The van der Waals surface area contributed by atoms with Gasteiger partial charge in [-0.3, -0.25) is 0 Å². The van der Waals surface area contributed by atoms with E-state index in [9.17, 15) is 4.39 Å². The van der Waals surface area contributed by atoms with Crippen LogP contribution >= 0.6 is 11.6 Å². The van der Waals surface area contributed by atoms with Gasteiger partial charge in [-0.1, -0.05) is 0 Å². The number of aromatic nitrogens is 1. The summed E-state index contributed by atoms with van der Waals surface area (Å²) in [7, 11) is 4.00. The van der Waals surface area contributed by atoms with Gasteiger partial charge in [-0.25, -0.2) is 9.37 Å². The Bertz CT molecular complexity index is 413. The molecule has 2 heterocycles. The van der Waals surface area contributed by atoms with E-state index in [2.05, 4.69) is 16.9 Å². The van der Waals surface area contributed by atoms with E-state index in [1.165, 1.54) is 6.42 Å². The molecule has 1 aliphatic rings. The second kappa shape index (κ2) is 5.85. The molecule has 1 aliphatic heterocycles. The number of pyridine rings is 1. The summed E-state index contributed by atoms with van der Waals surface area (Å²) in [6, 6.07) is 2.11. The third-order valence-electron chi connectivity index (χ3n) is 3.61. The quantitative estimate of drug-likeness (QED) is 0.785. The number of alkyl halides is 1. The highest BCUT2D eigenvalue weighted by Gasteiger charge is 2.23. The third-order valence-corrected chi connectivity index (χ3v) is 3.90. The normalized spacial score (nSPS) is 20.3. The largest absolute Gasteiger partial charge is 0.356 e. The highest BCUT2D eigenvalue weighted by atomic mass is 35.5. The van der Waals surface area contributed by atoms with Crippen molar-refractivity contribution in [3.8, 4) is 0 Å². The highest BCUT2D eigenvalue weighted by Crippen LogP contribution is 2.22. The number of hydrogen-bond donors (Lipinski definition) is 0. The van der Waals surface area contributed by atoms with Gasteiger partial charge < -0.3 is 9.80 Å². The van der Waals surface area contributed by atoms with Crippen molar-refractivity contribution in [3.05, 3.63) is 23.6 Å². The van der Waals surface area contributed by atoms with Gasteiger partial charge >= 0.3 is 0 Å². The lowest BCUT2D eigenvalue weighted by molar-refractivity contribution is 0.313. The monoisotopic (exact) mass is 271 g/mol. The van der Waals surface area contributed by atoms with Crippen molar-refractivity contribution in [3.63, 3.8) is 0 Å². The second-order valence-electron chi connectivity index (χ2n) is 4.90. The van der Waals surface area contributed by atoms with Crippen LogP contribution < -0.4 is 4.90 Å². The van der Waals surface area contributed by atoms with E-state index in [0.29, 0.717) is 17.4 Å². The fourth-order valence-electron chi connectivity index (χ4n) is 2.45. The standard InChI is InChI=1S/C13H19ClFN3/c1-17-7-3-4-11(17)9-18(2)13-12(15)10(8-14)5-6-16-13/h5-6,11H,3-4,7-9H2,1-2H3. The first-order valence-electron chi connectivity index (χ1n) is 6.24. The molecule has 0 N–H and O–H groups in total. The van der Waals surface area contributed by atoms with Gasteiger partial charge in [0.05, 0.1) is 5.88 Å². The molecule has 2 rings (SSSR count). The van der Waals surface area contributed by atoms with Crippen LogP contribution in [0.4, 0.5) is 10.2 Å². The van der Waals surface area contributed by atoms with Crippen molar-refractivity contribution in [2.75, 3.05) is 32.1 Å². The smallest absolute Gasteiger partial charge is 0.170 e. The summed E-state index contributed by atoms with van der Waals surface area (Å²) >= 11 is 5.71. The van der Waals surface area contributed by atoms with Gasteiger partial charge in [0.25, 0.3) is 0 Å². The summed E-state index contributed by atoms with van der Waals surface area (Å²) in [4.78, 5) is 8.33. The first-order chi connectivity index (χ1) is 8.63. The molecule has 1 fully saturated rings. The SMILES string of the molecule is CN(CC1CCCN1C)c1nccc(CCl)c1F. The topological polar surface area (TPSA) is 19.4 Å². The molecule has 0 saturated carbocycles. The summed E-state index contributed by atoms with van der Waals surface area (Å²) in [5.41, 5.74) is 0.508. The van der Waals surface area contributed by atoms with E-state index in [1.807, 2.05) is 11.9 Å². The minimum Gasteiger partial charge on any atom is -0.356 e. The maximum Gasteiger partial charge on any atom is 0.170 e. The first-order valence-corrected chi connectivity index (χ1v) is 6.77. The summed E-state index contributed by atoms with van der Waals surface area (Å²) in [6.45, 7) is 1.92. The van der Waals surface area contributed by atoms with Crippen LogP contribution in [0.5, 0.6) is 0 Å². The predicted molar refractivity (Wildman–Crippen MR) is 72.7 cm³/mol. The molecule has 0 aliphatic carbocycles. The van der Waals surface area contributed by atoms with Crippen LogP contribution in [0.2, 0.25) is 0 Å². The molecule has 1 aromatic heterocycles. The van der Waals surface area contributed by atoms with Crippen molar-refractivity contribution >= 4 is 17.4 Å². The molecule has 0 aromatic carbocycles. The Kier molecular flexibility index (Phi) is 4.40. The molecule has 3 nitrogen and oxygen atoms in total. The molecule has 1 aromatic rings. The Balaban J connectivity index is 2.11. The Labute approximate surface area is 113 Å². The van der Waals surface area contributed by atoms with Crippen molar-refractivity contribution < 1.29 is 4.39 Å². The van der Waals surface area contributed by atoms with Crippen LogP contribution in [0, 0.1) is 5.82 Å². The molecule has 100 valence electrons. The van der Waals surface area contributed by atoms with Crippen molar-refractivity contribution in [2.45, 2.75) is 24.8 Å². The number of likely N-dealkylation sites (tertiary alicyclic amines) is 1. The number of hydrogen-bond acceptors (Lipinski definition) is 3. The number of nitrogens with zero attached hydrogens (tertiary/aromatic N) is 3. The Morgan fingerprint density at radius 3 is 3.00 bits per heavy atom. The zero-order valence-corrected chi connectivity index (χ0v) is 11.6. The van der Waals surface area contributed by atoms with Crippen LogP contribution in [0.1, 0.15) is 18.4 Å². The van der Waals surface area contributed by atoms with Crippen molar-refractivity contribution in [1.82, 2.24) is 9.88 Å². The molecular weight excluding hydrogens is 253 g/mol. The summed E-state index contributed by atoms with van der Waals surface area (Å²) < 4.78 is 14.1. The van der Waals surface area contributed by atoms with Gasteiger partial charge in [-0.05, 0) is 32.5 Å². The minimum atomic E-state index is -0.296. The maximum absolute atomic E-state index is 14.1. The lowest BCUT2D eigenvalue weighted by atomic mass is 10.2. The lowest BCUT2D eigenvalue weighted by Gasteiger charge is -2.27. The molecule has 18 heavy (non-hydrogen) atoms. The first kappa shape index (κ1) is 13.6. The van der Waals surface area contributed by atoms with E-state index >= 15 is 0 Å². The number of rotatable bonds is 4. The Morgan fingerprint density at radius 2 is 2.39 bits per heavy atom. The van der Waals surface area contributed by atoms with Gasteiger partial charge in [0.15, 0.2) is 11.6 Å². The average molecular weight is 272 g/mol. The van der Waals surface area contributed by atoms with Crippen LogP contribution in [0.15, 0.2) is 12.3 Å². The molecule has 0 radical (unpaired) electrons. The number of halogens is 2. The predicted octanol–water partition coefficient (Wildman–Crippen LogP) is 2.49. The van der Waals surface area contributed by atoms with Gasteiger partial charge in [0.1, 0.15) is 0 Å². The molecule has 1 unspecified atom stereocenters. The molecule has 5 heteroatoms. The van der Waals surface area contributed by atoms with Crippen LogP contribution in [0.3, 0.4) is 0 Å². The molecule has 1 atom stereocenters. The van der Waals surface area contributed by atoms with Gasteiger partial charge in [-0.2, -0.15) is 0 Å². The average Bonchev–Trinajstić information content (AvgIpc) is 2.75. The lowest BCUT2D eigenvalue weighted by Crippen LogP contribution is -2.37. The van der Waals surface area contributed by atoms with Crippen LogP contribution in [-0.4, -0.2) is 43.1 Å². The van der Waals surface area contributed by atoms with E-state index in [0.717, 1.165) is 19.5 Å². The second-order valence-corrected chi connectivity index (χ2v) is 5.17. The van der Waals surface area contributed by atoms with Crippen molar-refractivity contribution in [2.24, 2.45) is 0 Å². The van der Waals surface area contributed by atoms with Gasteiger partial charge in [0, 0.05) is 31.4 Å². The summed E-state index contributed by atoms with van der Waals surface area (Å²) in [6.07, 6.45) is 4.00. The van der Waals surface area contributed by atoms with E-state index in [1.54, 1.807) is 12.3 Å². The molecule has 0 bridgehead atoms. The van der Waals surface area contributed by atoms with Crippen molar-refractivity contribution in [1.29, 1.82) is 0 Å². The number of likely N-dealkylation sites (N-methyl/N-ethyl adjacent to an activating group) is 2. The fraction of sp³-hybridized carbons (Fsp3) is 0.615. The number of anilines is 1.